The van der Waals surface area contributed by atoms with E-state index >= 15 is 0 Å². The molecule has 0 aliphatic carbocycles. The molecule has 0 saturated heterocycles. The Morgan fingerprint density at radius 1 is 1.10 bits per heavy atom. The number of hydrogen-bond acceptors (Lipinski definition) is 1. The van der Waals surface area contributed by atoms with Crippen molar-refractivity contribution in [3.8, 4) is 5.75 Å². The molecule has 1 unspecified atom stereocenters. The van der Waals surface area contributed by atoms with Crippen molar-refractivity contribution in [1.82, 2.24) is 0 Å². The molecule has 110 valence electrons. The summed E-state index contributed by atoms with van der Waals surface area (Å²) in [4.78, 5) is 0.197. The van der Waals surface area contributed by atoms with E-state index in [1.807, 2.05) is 0 Å². The molecule has 2 aromatic carbocycles. The van der Waals surface area contributed by atoms with E-state index in [9.17, 15) is 0 Å². The van der Waals surface area contributed by atoms with E-state index < -0.39 is 0 Å². The van der Waals surface area contributed by atoms with Crippen LogP contribution < -0.4 is 4.74 Å². The lowest BCUT2D eigenvalue weighted by Gasteiger charge is -2.16. The fourth-order valence-electron chi connectivity index (χ4n) is 2.89. The minimum atomic E-state index is -0.0882. The minimum Gasteiger partial charge on any atom is -0.487 e. The molecule has 0 aromatic heterocycles. The second-order valence-corrected chi connectivity index (χ2v) is 8.16. The topological polar surface area (TPSA) is 9.23 Å². The van der Waals surface area contributed by atoms with Crippen molar-refractivity contribution in [1.29, 1.82) is 0 Å². The summed E-state index contributed by atoms with van der Waals surface area (Å²) < 4.78 is 7.07. The largest absolute Gasteiger partial charge is 0.487 e. The van der Waals surface area contributed by atoms with E-state index in [0.717, 1.165) is 16.6 Å². The molecule has 3 heteroatoms. The molecule has 3 rings (SSSR count). The Morgan fingerprint density at radius 2 is 1.86 bits per heavy atom. The molecule has 0 N–H and O–H groups in total. The van der Waals surface area contributed by atoms with Crippen molar-refractivity contribution in [2.75, 3.05) is 0 Å². The van der Waals surface area contributed by atoms with Crippen molar-refractivity contribution in [2.24, 2.45) is 0 Å². The van der Waals surface area contributed by atoms with Crippen LogP contribution >= 0.6 is 31.9 Å². The van der Waals surface area contributed by atoms with Crippen LogP contribution in [0.15, 0.2) is 40.9 Å². The van der Waals surface area contributed by atoms with Crippen molar-refractivity contribution in [3.63, 3.8) is 0 Å². The normalized spacial score (nSPS) is 17.2. The number of ether oxygens (including phenoxy) is 1. The zero-order chi connectivity index (χ0) is 15.2. The molecule has 1 heterocycles. The van der Waals surface area contributed by atoms with Crippen LogP contribution in [0.25, 0.3) is 0 Å². The van der Waals surface area contributed by atoms with Gasteiger partial charge in [-0.15, -0.1) is 0 Å². The molecule has 0 saturated carbocycles. The van der Waals surface area contributed by atoms with Crippen LogP contribution in [0.2, 0.25) is 0 Å². The van der Waals surface area contributed by atoms with Gasteiger partial charge in [0.1, 0.15) is 11.4 Å². The molecular formula is C18H18Br2O. The first kappa shape index (κ1) is 15.1. The summed E-state index contributed by atoms with van der Waals surface area (Å²) in [5.41, 5.74) is 5.01. The Bertz CT molecular complexity index is 671. The van der Waals surface area contributed by atoms with Gasteiger partial charge in [0.05, 0.1) is 4.83 Å². The number of halogens is 2. The number of fused-ring (bicyclic) bond motifs is 1. The Hall–Kier alpha value is -0.800. The summed E-state index contributed by atoms with van der Waals surface area (Å²) >= 11 is 7.42. The number of hydrogen-bond donors (Lipinski definition) is 0. The van der Waals surface area contributed by atoms with Crippen molar-refractivity contribution >= 4 is 31.9 Å². The Kier molecular flexibility index (Phi) is 3.91. The van der Waals surface area contributed by atoms with Gasteiger partial charge in [0.25, 0.3) is 0 Å². The van der Waals surface area contributed by atoms with Gasteiger partial charge in [0, 0.05) is 10.9 Å². The molecular weight excluding hydrogens is 392 g/mol. The third-order valence-electron chi connectivity index (χ3n) is 3.74. The van der Waals surface area contributed by atoms with Gasteiger partial charge >= 0.3 is 0 Å². The van der Waals surface area contributed by atoms with E-state index in [1.165, 1.54) is 22.3 Å². The van der Waals surface area contributed by atoms with E-state index in [1.54, 1.807) is 0 Å². The van der Waals surface area contributed by atoms with Crippen LogP contribution in [0.5, 0.6) is 5.75 Å². The highest BCUT2D eigenvalue weighted by Crippen LogP contribution is 2.39. The minimum absolute atomic E-state index is 0.0882. The maximum Gasteiger partial charge on any atom is 0.123 e. The summed E-state index contributed by atoms with van der Waals surface area (Å²) in [7, 11) is 0. The highest BCUT2D eigenvalue weighted by molar-refractivity contribution is 9.10. The Balaban J connectivity index is 1.95. The fourth-order valence-corrected chi connectivity index (χ4v) is 4.07. The third-order valence-corrected chi connectivity index (χ3v) is 5.25. The molecule has 1 aliphatic heterocycles. The molecule has 1 aliphatic rings. The molecule has 0 fully saturated rings. The second kappa shape index (κ2) is 5.44. The quantitative estimate of drug-likeness (QED) is 0.556. The average Bonchev–Trinajstić information content (AvgIpc) is 2.69. The van der Waals surface area contributed by atoms with E-state index in [0.29, 0.717) is 0 Å². The SMILES string of the molecule is Cc1cc(Br)cc(C(Br)c2ccc3c(c2)CC(C)(C)O3)c1. The van der Waals surface area contributed by atoms with Gasteiger partial charge in [-0.25, -0.2) is 0 Å². The van der Waals surface area contributed by atoms with Crippen LogP contribution in [0.1, 0.15) is 40.9 Å². The highest BCUT2D eigenvalue weighted by atomic mass is 79.9. The van der Waals surface area contributed by atoms with Crippen LogP contribution in [-0.2, 0) is 6.42 Å². The molecule has 1 atom stereocenters. The number of rotatable bonds is 2. The predicted molar refractivity (Wildman–Crippen MR) is 94.5 cm³/mol. The van der Waals surface area contributed by atoms with Gasteiger partial charge in [-0.1, -0.05) is 50.1 Å². The first-order chi connectivity index (χ1) is 9.84. The first-order valence-electron chi connectivity index (χ1n) is 7.07. The third kappa shape index (κ3) is 3.19. The lowest BCUT2D eigenvalue weighted by molar-refractivity contribution is 0.138. The molecule has 1 nitrogen and oxygen atoms in total. The van der Waals surface area contributed by atoms with Crippen molar-refractivity contribution in [3.05, 3.63) is 63.1 Å². The fraction of sp³-hybridized carbons (Fsp3) is 0.333. The van der Waals surface area contributed by atoms with Crippen molar-refractivity contribution < 1.29 is 4.74 Å². The summed E-state index contributed by atoms with van der Waals surface area (Å²) in [6.07, 6.45) is 0.966. The molecule has 2 aromatic rings. The number of alkyl halides is 1. The van der Waals surface area contributed by atoms with Gasteiger partial charge in [-0.3, -0.25) is 0 Å². The standard InChI is InChI=1S/C18H18Br2O/c1-11-6-13(9-15(19)7-11)17(20)12-4-5-16-14(8-12)10-18(2,3)21-16/h4-9,17H,10H2,1-3H3. The molecule has 0 radical (unpaired) electrons. The smallest absolute Gasteiger partial charge is 0.123 e. The maximum absolute atomic E-state index is 5.95. The first-order valence-corrected chi connectivity index (χ1v) is 8.78. The molecule has 0 amide bonds. The van der Waals surface area contributed by atoms with Gasteiger partial charge in [0.15, 0.2) is 0 Å². The summed E-state index contributed by atoms with van der Waals surface area (Å²) in [5, 5.41) is 0. The average molecular weight is 410 g/mol. The monoisotopic (exact) mass is 408 g/mol. The summed E-state index contributed by atoms with van der Waals surface area (Å²) in [6, 6.07) is 13.0. The van der Waals surface area contributed by atoms with Crippen LogP contribution in [0.4, 0.5) is 0 Å². The lowest BCUT2D eigenvalue weighted by Crippen LogP contribution is -2.24. The maximum atomic E-state index is 5.95. The molecule has 0 bridgehead atoms. The van der Waals surface area contributed by atoms with Crippen LogP contribution in [0.3, 0.4) is 0 Å². The van der Waals surface area contributed by atoms with Crippen molar-refractivity contribution in [2.45, 2.75) is 37.6 Å². The Morgan fingerprint density at radius 3 is 2.57 bits per heavy atom. The van der Waals surface area contributed by atoms with Gasteiger partial charge in [-0.2, -0.15) is 0 Å². The second-order valence-electron chi connectivity index (χ2n) is 6.33. The van der Waals surface area contributed by atoms with Crippen LogP contribution in [0, 0.1) is 6.92 Å². The Labute approximate surface area is 143 Å². The zero-order valence-corrected chi connectivity index (χ0v) is 15.6. The highest BCUT2D eigenvalue weighted by Gasteiger charge is 2.30. The lowest BCUT2D eigenvalue weighted by atomic mass is 9.97. The van der Waals surface area contributed by atoms with Gasteiger partial charge in [-0.05, 0) is 61.2 Å². The predicted octanol–water partition coefficient (Wildman–Crippen LogP) is 5.96. The van der Waals surface area contributed by atoms with E-state index in [-0.39, 0.29) is 10.4 Å². The summed E-state index contributed by atoms with van der Waals surface area (Å²) in [6.45, 7) is 6.39. The van der Waals surface area contributed by atoms with E-state index in [4.69, 9.17) is 4.74 Å². The molecule has 21 heavy (non-hydrogen) atoms. The van der Waals surface area contributed by atoms with Crippen LogP contribution in [-0.4, -0.2) is 5.60 Å². The summed E-state index contributed by atoms with van der Waals surface area (Å²) in [5.74, 6) is 1.02. The number of aryl methyl sites for hydroxylation is 1. The van der Waals surface area contributed by atoms with Gasteiger partial charge < -0.3 is 4.74 Å². The molecule has 0 spiro atoms. The zero-order valence-electron chi connectivity index (χ0n) is 12.4. The number of benzene rings is 2. The van der Waals surface area contributed by atoms with Gasteiger partial charge in [0.2, 0.25) is 0 Å². The van der Waals surface area contributed by atoms with E-state index in [2.05, 4.69) is 89.0 Å².